The average molecular weight is 287 g/mol. The van der Waals surface area contributed by atoms with Gasteiger partial charge in [0, 0.05) is 12.1 Å². The molecule has 0 atom stereocenters. The molecule has 7 heteroatoms. The first kappa shape index (κ1) is 13.7. The van der Waals surface area contributed by atoms with E-state index in [0.717, 1.165) is 12.1 Å². The molecular formula is C12H13ClF2N4. The number of halogens is 3. The summed E-state index contributed by atoms with van der Waals surface area (Å²) < 4.78 is 28.2. The van der Waals surface area contributed by atoms with Crippen LogP contribution in [-0.4, -0.2) is 14.8 Å². The fourth-order valence-corrected chi connectivity index (χ4v) is 1.97. The van der Waals surface area contributed by atoms with Crippen molar-refractivity contribution in [3.05, 3.63) is 40.9 Å². The summed E-state index contributed by atoms with van der Waals surface area (Å²) in [6.07, 6.45) is 1.43. The zero-order chi connectivity index (χ0) is 14.0. The van der Waals surface area contributed by atoms with Gasteiger partial charge in [-0.1, -0.05) is 11.6 Å². The summed E-state index contributed by atoms with van der Waals surface area (Å²) in [5, 5.41) is 6.87. The quantitative estimate of drug-likeness (QED) is 0.937. The topological polar surface area (TPSA) is 42.7 Å². The van der Waals surface area contributed by atoms with Crippen LogP contribution in [0.3, 0.4) is 0 Å². The third-order valence-corrected chi connectivity index (χ3v) is 2.86. The van der Waals surface area contributed by atoms with Crippen LogP contribution in [0.1, 0.15) is 25.7 Å². The van der Waals surface area contributed by atoms with Crippen LogP contribution < -0.4 is 5.32 Å². The van der Waals surface area contributed by atoms with E-state index in [9.17, 15) is 8.78 Å². The van der Waals surface area contributed by atoms with Gasteiger partial charge in [-0.05, 0) is 19.9 Å². The highest BCUT2D eigenvalue weighted by Crippen LogP contribution is 2.26. The van der Waals surface area contributed by atoms with Crippen LogP contribution in [0.15, 0.2) is 18.5 Å². The fourth-order valence-electron chi connectivity index (χ4n) is 1.71. The van der Waals surface area contributed by atoms with Crippen LogP contribution >= 0.6 is 11.6 Å². The summed E-state index contributed by atoms with van der Waals surface area (Å²) in [6, 6.07) is 1.98. The van der Waals surface area contributed by atoms with Gasteiger partial charge < -0.3 is 5.32 Å². The van der Waals surface area contributed by atoms with Crippen molar-refractivity contribution in [1.29, 1.82) is 0 Å². The molecular weight excluding hydrogens is 274 g/mol. The SMILES string of the molecule is CC(C)n1ncnc1CNc1c(F)cc(F)cc1Cl. The maximum Gasteiger partial charge on any atom is 0.150 e. The molecule has 4 nitrogen and oxygen atoms in total. The Morgan fingerprint density at radius 1 is 1.37 bits per heavy atom. The summed E-state index contributed by atoms with van der Waals surface area (Å²) in [4.78, 5) is 4.08. The number of benzene rings is 1. The van der Waals surface area contributed by atoms with Crippen molar-refractivity contribution >= 4 is 17.3 Å². The van der Waals surface area contributed by atoms with E-state index < -0.39 is 11.6 Å². The van der Waals surface area contributed by atoms with E-state index in [0.29, 0.717) is 5.82 Å². The molecule has 19 heavy (non-hydrogen) atoms. The Bertz CT molecular complexity index is 560. The van der Waals surface area contributed by atoms with Crippen molar-refractivity contribution in [3.8, 4) is 0 Å². The molecule has 2 aromatic rings. The van der Waals surface area contributed by atoms with Crippen molar-refractivity contribution < 1.29 is 8.78 Å². The minimum atomic E-state index is -0.736. The van der Waals surface area contributed by atoms with Crippen LogP contribution in [0.5, 0.6) is 0 Å². The van der Waals surface area contributed by atoms with Gasteiger partial charge in [0.2, 0.25) is 0 Å². The number of hydrogen-bond donors (Lipinski definition) is 1. The average Bonchev–Trinajstić information content (AvgIpc) is 2.75. The third kappa shape index (κ3) is 3.01. The summed E-state index contributed by atoms with van der Waals surface area (Å²) >= 11 is 5.79. The lowest BCUT2D eigenvalue weighted by Gasteiger charge is -2.12. The van der Waals surface area contributed by atoms with E-state index in [1.54, 1.807) is 4.68 Å². The summed E-state index contributed by atoms with van der Waals surface area (Å²) in [6.45, 7) is 4.17. The molecule has 1 aromatic carbocycles. The van der Waals surface area contributed by atoms with Crippen LogP contribution in [-0.2, 0) is 6.54 Å². The summed E-state index contributed by atoms with van der Waals surface area (Å²) in [7, 11) is 0. The number of nitrogens with zero attached hydrogens (tertiary/aromatic N) is 3. The van der Waals surface area contributed by atoms with Crippen molar-refractivity contribution in [3.63, 3.8) is 0 Å². The lowest BCUT2D eigenvalue weighted by Crippen LogP contribution is -2.12. The molecule has 0 fully saturated rings. The Kier molecular flexibility index (Phi) is 3.99. The molecule has 0 bridgehead atoms. The summed E-state index contributed by atoms with van der Waals surface area (Å²) in [5.74, 6) is -0.797. The second-order valence-corrected chi connectivity index (χ2v) is 4.72. The molecule has 0 saturated carbocycles. The summed E-state index contributed by atoms with van der Waals surface area (Å²) in [5.41, 5.74) is 0.0568. The molecule has 0 aliphatic heterocycles. The molecule has 0 unspecified atom stereocenters. The molecule has 0 aliphatic rings. The predicted octanol–water partition coefficient (Wildman–Crippen LogP) is 3.40. The molecule has 1 N–H and O–H groups in total. The second kappa shape index (κ2) is 5.52. The molecule has 0 radical (unpaired) electrons. The largest absolute Gasteiger partial charge is 0.374 e. The van der Waals surface area contributed by atoms with Gasteiger partial charge in [0.1, 0.15) is 18.0 Å². The molecule has 102 valence electrons. The van der Waals surface area contributed by atoms with E-state index >= 15 is 0 Å². The first-order valence-corrected chi connectivity index (χ1v) is 6.13. The molecule has 0 aliphatic carbocycles. The Hall–Kier alpha value is -1.69. The van der Waals surface area contributed by atoms with Gasteiger partial charge in [-0.2, -0.15) is 5.10 Å². The van der Waals surface area contributed by atoms with Crippen molar-refractivity contribution in [2.24, 2.45) is 0 Å². The molecule has 0 saturated heterocycles. The van der Waals surface area contributed by atoms with Crippen LogP contribution in [0.4, 0.5) is 14.5 Å². The van der Waals surface area contributed by atoms with E-state index in [1.165, 1.54) is 6.33 Å². The number of anilines is 1. The lowest BCUT2D eigenvalue weighted by atomic mass is 10.3. The van der Waals surface area contributed by atoms with Gasteiger partial charge in [0.05, 0.1) is 17.3 Å². The number of hydrogen-bond acceptors (Lipinski definition) is 3. The fraction of sp³-hybridized carbons (Fsp3) is 0.333. The van der Waals surface area contributed by atoms with Gasteiger partial charge in [-0.15, -0.1) is 0 Å². The Balaban J connectivity index is 2.17. The van der Waals surface area contributed by atoms with Crippen LogP contribution in [0, 0.1) is 11.6 Å². The number of rotatable bonds is 4. The first-order chi connectivity index (χ1) is 8.99. The molecule has 0 spiro atoms. The minimum absolute atomic E-state index is 0.00638. The van der Waals surface area contributed by atoms with Gasteiger partial charge in [-0.3, -0.25) is 0 Å². The smallest absolute Gasteiger partial charge is 0.150 e. The van der Waals surface area contributed by atoms with E-state index in [2.05, 4.69) is 15.4 Å². The Morgan fingerprint density at radius 2 is 2.11 bits per heavy atom. The number of aromatic nitrogens is 3. The van der Waals surface area contributed by atoms with E-state index in [4.69, 9.17) is 11.6 Å². The van der Waals surface area contributed by atoms with Gasteiger partial charge >= 0.3 is 0 Å². The Morgan fingerprint density at radius 3 is 2.74 bits per heavy atom. The van der Waals surface area contributed by atoms with Crippen molar-refractivity contribution in [2.75, 3.05) is 5.32 Å². The molecule has 1 heterocycles. The maximum absolute atomic E-state index is 13.6. The minimum Gasteiger partial charge on any atom is -0.374 e. The molecule has 2 rings (SSSR count). The zero-order valence-electron chi connectivity index (χ0n) is 10.5. The third-order valence-electron chi connectivity index (χ3n) is 2.57. The highest BCUT2D eigenvalue weighted by Gasteiger charge is 2.12. The van der Waals surface area contributed by atoms with Gasteiger partial charge in [0.25, 0.3) is 0 Å². The molecule has 0 amide bonds. The normalized spacial score (nSPS) is 11.1. The second-order valence-electron chi connectivity index (χ2n) is 4.31. The predicted molar refractivity (Wildman–Crippen MR) is 69.1 cm³/mol. The first-order valence-electron chi connectivity index (χ1n) is 5.76. The van der Waals surface area contributed by atoms with Crippen molar-refractivity contribution in [1.82, 2.24) is 14.8 Å². The van der Waals surface area contributed by atoms with Crippen LogP contribution in [0.2, 0.25) is 5.02 Å². The van der Waals surface area contributed by atoms with E-state index in [1.807, 2.05) is 13.8 Å². The lowest BCUT2D eigenvalue weighted by molar-refractivity contribution is 0.508. The van der Waals surface area contributed by atoms with E-state index in [-0.39, 0.29) is 23.3 Å². The maximum atomic E-state index is 13.6. The highest BCUT2D eigenvalue weighted by atomic mass is 35.5. The van der Waals surface area contributed by atoms with Crippen LogP contribution in [0.25, 0.3) is 0 Å². The van der Waals surface area contributed by atoms with Gasteiger partial charge in [-0.25, -0.2) is 18.4 Å². The Labute approximate surface area is 114 Å². The number of nitrogens with one attached hydrogen (secondary N) is 1. The monoisotopic (exact) mass is 286 g/mol. The van der Waals surface area contributed by atoms with Crippen molar-refractivity contribution in [2.45, 2.75) is 26.4 Å². The zero-order valence-corrected chi connectivity index (χ0v) is 11.2. The standard InChI is InChI=1S/C12H13ClF2N4/c1-7(2)19-11(17-6-18-19)5-16-12-9(13)3-8(14)4-10(12)15/h3-4,6-7,16H,5H2,1-2H3. The van der Waals surface area contributed by atoms with Gasteiger partial charge in [0.15, 0.2) is 5.82 Å². The molecule has 1 aromatic heterocycles. The highest BCUT2D eigenvalue weighted by molar-refractivity contribution is 6.33.